The van der Waals surface area contributed by atoms with E-state index in [1.807, 2.05) is 0 Å². The molecule has 15 heavy (non-hydrogen) atoms. The van der Waals surface area contributed by atoms with Crippen LogP contribution in [0.2, 0.25) is 0 Å². The van der Waals surface area contributed by atoms with Crippen molar-refractivity contribution >= 4 is 11.6 Å². The lowest BCUT2D eigenvalue weighted by Gasteiger charge is -1.90. The van der Waals surface area contributed by atoms with Gasteiger partial charge in [0.1, 0.15) is 12.4 Å². The number of halogens is 1. The number of hydrogen-bond donors (Lipinski definition) is 1. The van der Waals surface area contributed by atoms with Gasteiger partial charge in [-0.1, -0.05) is 0 Å². The van der Waals surface area contributed by atoms with Crippen molar-refractivity contribution in [3.63, 3.8) is 0 Å². The standard InChI is InChI=1S/C8H6FN3O3/c9-5-1-2-6-10-12(4-7(13)14)8(15)11(6)3-5/h1-3H,4H2,(H,13,14). The zero-order chi connectivity index (χ0) is 11.0. The average molecular weight is 211 g/mol. The van der Waals surface area contributed by atoms with Crippen molar-refractivity contribution < 1.29 is 14.3 Å². The van der Waals surface area contributed by atoms with E-state index in [1.54, 1.807) is 0 Å². The van der Waals surface area contributed by atoms with Gasteiger partial charge in [0.2, 0.25) is 0 Å². The molecule has 0 aromatic carbocycles. The minimum Gasteiger partial charge on any atom is -0.480 e. The molecule has 2 aromatic rings. The quantitative estimate of drug-likeness (QED) is 0.741. The van der Waals surface area contributed by atoms with E-state index in [0.29, 0.717) is 0 Å². The number of pyridine rings is 1. The molecular formula is C8H6FN3O3. The molecule has 2 heterocycles. The van der Waals surface area contributed by atoms with Crippen molar-refractivity contribution in [2.45, 2.75) is 6.54 Å². The van der Waals surface area contributed by atoms with Gasteiger partial charge >= 0.3 is 11.7 Å². The SMILES string of the molecule is O=C(O)Cn1nc2ccc(F)cn2c1=O. The van der Waals surface area contributed by atoms with Gasteiger partial charge < -0.3 is 5.11 Å². The Kier molecular flexibility index (Phi) is 2.00. The van der Waals surface area contributed by atoms with Gasteiger partial charge in [-0.25, -0.2) is 18.3 Å². The molecule has 1 N–H and O–H groups in total. The van der Waals surface area contributed by atoms with Gasteiger partial charge in [0.05, 0.1) is 6.20 Å². The summed E-state index contributed by atoms with van der Waals surface area (Å²) in [5.41, 5.74) is -0.463. The number of nitrogens with zero attached hydrogens (tertiary/aromatic N) is 3. The van der Waals surface area contributed by atoms with E-state index in [-0.39, 0.29) is 5.65 Å². The minimum atomic E-state index is -1.18. The first kappa shape index (κ1) is 9.38. The van der Waals surface area contributed by atoms with Crippen molar-refractivity contribution in [1.29, 1.82) is 0 Å². The van der Waals surface area contributed by atoms with Gasteiger partial charge in [0.25, 0.3) is 0 Å². The summed E-state index contributed by atoms with van der Waals surface area (Å²) in [6.07, 6.45) is 0.961. The molecule has 0 aliphatic carbocycles. The minimum absolute atomic E-state index is 0.211. The molecule has 0 amide bonds. The van der Waals surface area contributed by atoms with Crippen LogP contribution in [-0.4, -0.2) is 25.3 Å². The van der Waals surface area contributed by atoms with Crippen molar-refractivity contribution in [3.8, 4) is 0 Å². The fourth-order valence-electron chi connectivity index (χ4n) is 1.22. The molecule has 0 unspecified atom stereocenters. The number of carboxylic acid groups (broad SMARTS) is 1. The van der Waals surface area contributed by atoms with Gasteiger partial charge in [-0.05, 0) is 12.1 Å². The second-order valence-electron chi connectivity index (χ2n) is 2.91. The van der Waals surface area contributed by atoms with Crippen molar-refractivity contribution in [2.24, 2.45) is 0 Å². The summed E-state index contributed by atoms with van der Waals surface area (Å²) in [6, 6.07) is 2.45. The monoisotopic (exact) mass is 211 g/mol. The smallest absolute Gasteiger partial charge is 0.350 e. The second-order valence-corrected chi connectivity index (χ2v) is 2.91. The van der Waals surface area contributed by atoms with E-state index in [9.17, 15) is 14.0 Å². The van der Waals surface area contributed by atoms with Crippen LogP contribution in [0.15, 0.2) is 23.1 Å². The first-order chi connectivity index (χ1) is 7.08. The molecule has 0 fully saturated rings. The summed E-state index contributed by atoms with van der Waals surface area (Å²) in [5, 5.41) is 12.2. The van der Waals surface area contributed by atoms with E-state index in [4.69, 9.17) is 5.11 Å². The fourth-order valence-corrected chi connectivity index (χ4v) is 1.22. The lowest BCUT2D eigenvalue weighted by Crippen LogP contribution is -2.24. The molecule has 0 bridgehead atoms. The zero-order valence-corrected chi connectivity index (χ0v) is 7.42. The number of rotatable bonds is 2. The maximum atomic E-state index is 12.8. The Labute approximate surface area is 82.2 Å². The van der Waals surface area contributed by atoms with Gasteiger partial charge in [-0.15, -0.1) is 5.10 Å². The second kappa shape index (κ2) is 3.19. The molecule has 0 aliphatic rings. The predicted octanol–water partition coefficient (Wildman–Crippen LogP) is -0.280. The molecule has 6 nitrogen and oxygen atoms in total. The number of fused-ring (bicyclic) bond motifs is 1. The predicted molar refractivity (Wildman–Crippen MR) is 47.0 cm³/mol. The Bertz CT molecular complexity index is 586. The van der Waals surface area contributed by atoms with Gasteiger partial charge in [0.15, 0.2) is 5.65 Å². The summed E-state index contributed by atoms with van der Waals surface area (Å²) in [4.78, 5) is 21.8. The lowest BCUT2D eigenvalue weighted by atomic mass is 10.5. The maximum absolute atomic E-state index is 12.8. The third-order valence-corrected chi connectivity index (χ3v) is 1.83. The summed E-state index contributed by atoms with van der Waals surface area (Å²) in [6.45, 7) is -0.540. The third-order valence-electron chi connectivity index (χ3n) is 1.83. The van der Waals surface area contributed by atoms with Crippen LogP contribution in [-0.2, 0) is 11.3 Å². The summed E-state index contributed by atoms with van der Waals surface area (Å²) in [7, 11) is 0. The van der Waals surface area contributed by atoms with E-state index in [1.165, 1.54) is 6.07 Å². The molecule has 78 valence electrons. The maximum Gasteiger partial charge on any atom is 0.350 e. The fraction of sp³-hybridized carbons (Fsp3) is 0.125. The van der Waals surface area contributed by atoms with E-state index in [0.717, 1.165) is 21.3 Å². The average Bonchev–Trinajstić information content (AvgIpc) is 2.44. The highest BCUT2D eigenvalue weighted by atomic mass is 19.1. The molecule has 0 aliphatic heterocycles. The summed E-state index contributed by atoms with van der Waals surface area (Å²) in [5.74, 6) is -1.76. The third kappa shape index (κ3) is 1.58. The topological polar surface area (TPSA) is 76.6 Å². The number of aliphatic carboxylic acids is 1. The van der Waals surface area contributed by atoms with Gasteiger partial charge in [-0.3, -0.25) is 4.79 Å². The van der Waals surface area contributed by atoms with Crippen LogP contribution >= 0.6 is 0 Å². The van der Waals surface area contributed by atoms with Crippen molar-refractivity contribution in [1.82, 2.24) is 14.2 Å². The van der Waals surface area contributed by atoms with Crippen LogP contribution in [0.25, 0.3) is 5.65 Å². The molecule has 0 saturated heterocycles. The van der Waals surface area contributed by atoms with Crippen LogP contribution in [0.3, 0.4) is 0 Å². The van der Waals surface area contributed by atoms with Crippen molar-refractivity contribution in [3.05, 3.63) is 34.6 Å². The Morgan fingerprint density at radius 2 is 2.27 bits per heavy atom. The van der Waals surface area contributed by atoms with Gasteiger partial charge in [0, 0.05) is 0 Å². The van der Waals surface area contributed by atoms with E-state index >= 15 is 0 Å². The molecule has 2 rings (SSSR count). The Morgan fingerprint density at radius 1 is 1.53 bits per heavy atom. The Morgan fingerprint density at radius 3 is 2.93 bits per heavy atom. The molecule has 0 saturated carbocycles. The van der Waals surface area contributed by atoms with Crippen molar-refractivity contribution in [2.75, 3.05) is 0 Å². The lowest BCUT2D eigenvalue weighted by molar-refractivity contribution is -0.137. The van der Waals surface area contributed by atoms with Crippen LogP contribution in [0.1, 0.15) is 0 Å². The number of aromatic nitrogens is 3. The molecule has 0 atom stereocenters. The largest absolute Gasteiger partial charge is 0.480 e. The zero-order valence-electron chi connectivity index (χ0n) is 7.42. The first-order valence-electron chi connectivity index (χ1n) is 4.04. The molecule has 0 radical (unpaired) electrons. The molecule has 2 aromatic heterocycles. The first-order valence-corrected chi connectivity index (χ1v) is 4.04. The highest BCUT2D eigenvalue weighted by Crippen LogP contribution is 1.99. The highest BCUT2D eigenvalue weighted by Gasteiger charge is 2.09. The Balaban J connectivity index is 2.65. The normalized spacial score (nSPS) is 10.7. The number of carboxylic acids is 1. The number of carbonyl (C=O) groups is 1. The van der Waals surface area contributed by atoms with Gasteiger partial charge in [-0.2, -0.15) is 0 Å². The molecule has 0 spiro atoms. The van der Waals surface area contributed by atoms with Crippen LogP contribution in [0.4, 0.5) is 4.39 Å². The Hall–Kier alpha value is -2.18. The van der Waals surface area contributed by atoms with Crippen LogP contribution in [0.5, 0.6) is 0 Å². The molecule has 7 heteroatoms. The summed E-state index contributed by atoms with van der Waals surface area (Å²) < 4.78 is 14.5. The van der Waals surface area contributed by atoms with Crippen LogP contribution < -0.4 is 5.69 Å². The van der Waals surface area contributed by atoms with Crippen LogP contribution in [0, 0.1) is 5.82 Å². The highest BCUT2D eigenvalue weighted by molar-refractivity contribution is 5.66. The number of hydrogen-bond acceptors (Lipinski definition) is 3. The molecular weight excluding hydrogens is 205 g/mol. The summed E-state index contributed by atoms with van der Waals surface area (Å²) >= 11 is 0. The van der Waals surface area contributed by atoms with E-state index in [2.05, 4.69) is 5.10 Å². The van der Waals surface area contributed by atoms with E-state index < -0.39 is 24.0 Å².